The van der Waals surface area contributed by atoms with Crippen molar-refractivity contribution in [2.45, 2.75) is 12.6 Å². The van der Waals surface area contributed by atoms with Gasteiger partial charge in [-0.3, -0.25) is 14.7 Å². The number of benzene rings is 1. The smallest absolute Gasteiger partial charge is 0.336 e. The van der Waals surface area contributed by atoms with E-state index in [0.717, 1.165) is 18.7 Å². The van der Waals surface area contributed by atoms with E-state index in [2.05, 4.69) is 14.8 Å². The molecule has 0 radical (unpaired) electrons. The molecule has 0 saturated carbocycles. The first-order chi connectivity index (χ1) is 12.5. The average Bonchev–Trinajstić information content (AvgIpc) is 2.63. The number of hydrogen-bond donors (Lipinski definition) is 2. The van der Waals surface area contributed by atoms with E-state index >= 15 is 0 Å². The Bertz CT molecular complexity index is 807. The molecule has 0 spiro atoms. The first-order valence-electron chi connectivity index (χ1n) is 8.45. The number of primary amides is 1. The van der Waals surface area contributed by atoms with Gasteiger partial charge in [0, 0.05) is 37.9 Å². The molecule has 1 aliphatic heterocycles. The third-order valence-electron chi connectivity index (χ3n) is 4.67. The van der Waals surface area contributed by atoms with Gasteiger partial charge in [0.2, 0.25) is 5.91 Å². The van der Waals surface area contributed by atoms with Crippen LogP contribution in [0.15, 0.2) is 42.6 Å². The lowest BCUT2D eigenvalue weighted by Crippen LogP contribution is -2.56. The fourth-order valence-electron chi connectivity index (χ4n) is 3.22. The lowest BCUT2D eigenvalue weighted by atomic mass is 10.0. The molecular weight excluding hydrogens is 332 g/mol. The Morgan fingerprint density at radius 3 is 2.65 bits per heavy atom. The molecular formula is C19H22N4O3. The second kappa shape index (κ2) is 7.63. The lowest BCUT2D eigenvalue weighted by Gasteiger charge is -2.38. The molecule has 7 nitrogen and oxygen atoms in total. The van der Waals surface area contributed by atoms with Crippen molar-refractivity contribution in [3.05, 3.63) is 53.7 Å². The van der Waals surface area contributed by atoms with E-state index in [0.29, 0.717) is 24.3 Å². The normalized spacial score (nSPS) is 18.6. The summed E-state index contributed by atoms with van der Waals surface area (Å²) < 4.78 is 0. The second-order valence-corrected chi connectivity index (χ2v) is 6.55. The quantitative estimate of drug-likeness (QED) is 0.832. The summed E-state index contributed by atoms with van der Waals surface area (Å²) >= 11 is 0. The van der Waals surface area contributed by atoms with Gasteiger partial charge in [-0.1, -0.05) is 24.3 Å². The first kappa shape index (κ1) is 18.0. The number of carbonyl (C=O) groups is 2. The van der Waals surface area contributed by atoms with Crippen LogP contribution in [0.5, 0.6) is 0 Å². The highest BCUT2D eigenvalue weighted by Crippen LogP contribution is 2.22. The molecule has 1 saturated heterocycles. The second-order valence-electron chi connectivity index (χ2n) is 6.55. The fraction of sp³-hybridized carbons (Fsp3) is 0.316. The van der Waals surface area contributed by atoms with Crippen molar-refractivity contribution in [2.24, 2.45) is 5.73 Å². The molecule has 1 fully saturated rings. The number of piperazine rings is 1. The molecule has 3 N–H and O–H groups in total. The van der Waals surface area contributed by atoms with E-state index in [9.17, 15) is 14.7 Å². The zero-order valence-corrected chi connectivity index (χ0v) is 14.6. The Morgan fingerprint density at radius 1 is 1.23 bits per heavy atom. The summed E-state index contributed by atoms with van der Waals surface area (Å²) in [6, 6.07) is 10.2. The summed E-state index contributed by atoms with van der Waals surface area (Å²) in [6.07, 6.45) is 1.73. The SMILES string of the molecule is CN1CCN(Cc2ccc(-c3ccccc3C(=O)O)nc2)C(C(N)=O)C1. The van der Waals surface area contributed by atoms with Gasteiger partial charge >= 0.3 is 5.97 Å². The molecule has 1 aliphatic rings. The van der Waals surface area contributed by atoms with Crippen LogP contribution in [0.1, 0.15) is 15.9 Å². The van der Waals surface area contributed by atoms with Crippen LogP contribution in [-0.4, -0.2) is 64.5 Å². The molecule has 2 aromatic rings. The molecule has 7 heteroatoms. The lowest BCUT2D eigenvalue weighted by molar-refractivity contribution is -0.125. The molecule has 1 aromatic carbocycles. The van der Waals surface area contributed by atoms with Crippen molar-refractivity contribution in [3.8, 4) is 11.3 Å². The zero-order valence-electron chi connectivity index (χ0n) is 14.6. The third kappa shape index (κ3) is 3.89. The molecule has 1 atom stereocenters. The predicted molar refractivity (Wildman–Crippen MR) is 97.5 cm³/mol. The van der Waals surface area contributed by atoms with Crippen molar-refractivity contribution in [1.29, 1.82) is 0 Å². The van der Waals surface area contributed by atoms with Crippen LogP contribution in [0.25, 0.3) is 11.3 Å². The third-order valence-corrected chi connectivity index (χ3v) is 4.67. The molecule has 1 aromatic heterocycles. The Balaban J connectivity index is 1.78. The minimum Gasteiger partial charge on any atom is -0.478 e. The average molecular weight is 354 g/mol. The summed E-state index contributed by atoms with van der Waals surface area (Å²) in [5.74, 6) is -1.30. The number of likely N-dealkylation sites (N-methyl/N-ethyl adjacent to an activating group) is 1. The van der Waals surface area contributed by atoms with Crippen LogP contribution in [0.3, 0.4) is 0 Å². The number of rotatable bonds is 5. The maximum atomic E-state index is 11.7. The van der Waals surface area contributed by atoms with Gasteiger partial charge in [-0.2, -0.15) is 0 Å². The number of hydrogen-bond acceptors (Lipinski definition) is 5. The largest absolute Gasteiger partial charge is 0.478 e. The Labute approximate surface area is 152 Å². The topological polar surface area (TPSA) is 99.8 Å². The number of pyridine rings is 1. The summed E-state index contributed by atoms with van der Waals surface area (Å²) in [6.45, 7) is 2.83. The Morgan fingerprint density at radius 2 is 2.00 bits per heavy atom. The van der Waals surface area contributed by atoms with E-state index < -0.39 is 5.97 Å². The minimum atomic E-state index is -0.979. The van der Waals surface area contributed by atoms with Crippen LogP contribution >= 0.6 is 0 Å². The number of carboxylic acids is 1. The van der Waals surface area contributed by atoms with Crippen LogP contribution in [0.2, 0.25) is 0 Å². The van der Waals surface area contributed by atoms with Crippen molar-refractivity contribution >= 4 is 11.9 Å². The summed E-state index contributed by atoms with van der Waals surface area (Å²) in [5, 5.41) is 9.32. The van der Waals surface area contributed by atoms with Crippen LogP contribution in [-0.2, 0) is 11.3 Å². The van der Waals surface area contributed by atoms with Crippen molar-refractivity contribution in [1.82, 2.24) is 14.8 Å². The maximum absolute atomic E-state index is 11.7. The van der Waals surface area contributed by atoms with E-state index in [4.69, 9.17) is 5.73 Å². The molecule has 3 rings (SSSR count). The van der Waals surface area contributed by atoms with Crippen LogP contribution in [0, 0.1) is 0 Å². The molecule has 136 valence electrons. The van der Waals surface area contributed by atoms with Gasteiger partial charge in [0.1, 0.15) is 6.04 Å². The van der Waals surface area contributed by atoms with E-state index in [-0.39, 0.29) is 17.5 Å². The molecule has 0 bridgehead atoms. The molecule has 2 heterocycles. The minimum absolute atomic E-state index is 0.223. The molecule has 26 heavy (non-hydrogen) atoms. The Kier molecular flexibility index (Phi) is 5.29. The summed E-state index contributed by atoms with van der Waals surface area (Å²) in [4.78, 5) is 31.7. The first-order valence-corrected chi connectivity index (χ1v) is 8.45. The van der Waals surface area contributed by atoms with Crippen LogP contribution < -0.4 is 5.73 Å². The predicted octanol–water partition coefficient (Wildman–Crippen LogP) is 1.05. The number of aromatic carboxylic acids is 1. The Hall–Kier alpha value is -2.77. The van der Waals surface area contributed by atoms with Gasteiger partial charge in [0.05, 0.1) is 11.3 Å². The van der Waals surface area contributed by atoms with E-state index in [1.54, 1.807) is 30.5 Å². The van der Waals surface area contributed by atoms with Crippen LogP contribution in [0.4, 0.5) is 0 Å². The number of nitrogens with two attached hydrogens (primary N) is 1. The van der Waals surface area contributed by atoms with E-state index in [1.165, 1.54) is 0 Å². The highest BCUT2D eigenvalue weighted by Gasteiger charge is 2.29. The van der Waals surface area contributed by atoms with Crippen molar-refractivity contribution in [2.75, 3.05) is 26.7 Å². The van der Waals surface area contributed by atoms with Gasteiger partial charge < -0.3 is 15.7 Å². The van der Waals surface area contributed by atoms with E-state index in [1.807, 2.05) is 19.2 Å². The maximum Gasteiger partial charge on any atom is 0.336 e. The van der Waals surface area contributed by atoms with Crippen molar-refractivity contribution < 1.29 is 14.7 Å². The van der Waals surface area contributed by atoms with Gasteiger partial charge in [-0.15, -0.1) is 0 Å². The highest BCUT2D eigenvalue weighted by molar-refractivity contribution is 5.95. The number of carbonyl (C=O) groups excluding carboxylic acids is 1. The summed E-state index contributed by atoms with van der Waals surface area (Å²) in [5.41, 5.74) is 7.91. The van der Waals surface area contributed by atoms with Gasteiger partial charge in [0.25, 0.3) is 0 Å². The van der Waals surface area contributed by atoms with Crippen molar-refractivity contribution in [3.63, 3.8) is 0 Å². The highest BCUT2D eigenvalue weighted by atomic mass is 16.4. The monoisotopic (exact) mass is 354 g/mol. The summed E-state index contributed by atoms with van der Waals surface area (Å²) in [7, 11) is 1.98. The van der Waals surface area contributed by atoms with Gasteiger partial charge in [-0.25, -0.2) is 4.79 Å². The number of aromatic nitrogens is 1. The van der Waals surface area contributed by atoms with Gasteiger partial charge in [0.15, 0.2) is 0 Å². The van der Waals surface area contributed by atoms with Gasteiger partial charge in [-0.05, 0) is 24.7 Å². The number of nitrogens with zero attached hydrogens (tertiary/aromatic N) is 3. The number of carboxylic acid groups (broad SMARTS) is 1. The molecule has 0 aliphatic carbocycles. The zero-order chi connectivity index (χ0) is 18.7. The standard InChI is InChI=1S/C19H22N4O3/c1-22-8-9-23(17(12-22)18(20)24)11-13-6-7-16(21-10-13)14-4-2-3-5-15(14)19(25)26/h2-7,10,17H,8-9,11-12H2,1H3,(H2,20,24)(H,25,26). The number of amides is 1. The molecule has 1 unspecified atom stereocenters. The fourth-order valence-corrected chi connectivity index (χ4v) is 3.22. The molecule has 1 amide bonds.